The summed E-state index contributed by atoms with van der Waals surface area (Å²) in [5, 5.41) is 2.45. The van der Waals surface area contributed by atoms with Crippen LogP contribution in [0.2, 0.25) is 0 Å². The van der Waals surface area contributed by atoms with Crippen molar-refractivity contribution >= 4 is 21.8 Å². The van der Waals surface area contributed by atoms with Crippen molar-refractivity contribution in [1.29, 1.82) is 0 Å². The molecule has 40 heavy (non-hydrogen) atoms. The van der Waals surface area contributed by atoms with Gasteiger partial charge in [0.2, 0.25) is 0 Å². The largest absolute Gasteiger partial charge is 0.457 e. The second kappa shape index (κ2) is 8.49. The van der Waals surface area contributed by atoms with E-state index in [1.54, 1.807) is 0 Å². The fourth-order valence-electron chi connectivity index (χ4n) is 6.86. The molecule has 0 N–H and O–H groups in total. The predicted octanol–water partition coefficient (Wildman–Crippen LogP) is 9.47. The maximum absolute atomic E-state index is 6.93. The Hall–Kier alpha value is -5.02. The summed E-state index contributed by atoms with van der Waals surface area (Å²) in [4.78, 5) is 0. The molecule has 192 valence electrons. The van der Waals surface area contributed by atoms with Crippen LogP contribution in [0.5, 0.6) is 17.2 Å². The van der Waals surface area contributed by atoms with Gasteiger partial charge >= 0.3 is 0 Å². The van der Waals surface area contributed by atoms with E-state index in [-0.39, 0.29) is 0 Å². The van der Waals surface area contributed by atoms with E-state index in [0.29, 0.717) is 0 Å². The third kappa shape index (κ3) is 2.89. The smallest absolute Gasteiger partial charge is 0.156 e. The Morgan fingerprint density at radius 3 is 1.77 bits per heavy atom. The normalized spacial score (nSPS) is 15.2. The molecule has 0 saturated carbocycles. The summed E-state index contributed by atoms with van der Waals surface area (Å²) in [6, 6.07) is 40.6. The fraction of sp³-hybridized carbons (Fsp3) is 0.0811. The second-order valence-electron chi connectivity index (χ2n) is 10.5. The van der Waals surface area contributed by atoms with Gasteiger partial charge in [0, 0.05) is 27.5 Å². The topological polar surface area (TPSA) is 23.4 Å². The summed E-state index contributed by atoms with van der Waals surface area (Å²) < 4.78 is 15.8. The Labute approximate surface area is 233 Å². The summed E-state index contributed by atoms with van der Waals surface area (Å²) in [5.41, 5.74) is 7.24. The molecule has 0 radical (unpaired) electrons. The molecule has 8 rings (SSSR count). The minimum atomic E-state index is -0.581. The standard InChI is InChI=1S/C37H27NO2/c1-3-13-33-24(2)37(27-16-6-10-22-34(27)39-35-23-11-7-17-28(35)37)29-18-12-21-32(36(29)40-33)38-30-19-8-4-14-25(30)26-15-5-9-20-31(26)38/h3-23H,1-2H3/b13-3-. The maximum Gasteiger partial charge on any atom is 0.156 e. The average molecular weight is 518 g/mol. The number of fused-ring (bicyclic) bond motifs is 9. The van der Waals surface area contributed by atoms with E-state index in [2.05, 4.69) is 127 Å². The molecule has 0 saturated heterocycles. The van der Waals surface area contributed by atoms with Crippen molar-refractivity contribution in [1.82, 2.24) is 4.57 Å². The van der Waals surface area contributed by atoms with Crippen LogP contribution in [0.3, 0.4) is 0 Å². The number of aromatic nitrogens is 1. The summed E-state index contributed by atoms with van der Waals surface area (Å²) in [5.74, 6) is 3.46. The SMILES string of the molecule is C/C=C\C1=C(C)C2(c3ccccc3Oc3ccccc32)c2cccc(-n3c4ccccc4c4ccccc43)c2O1. The van der Waals surface area contributed by atoms with Crippen molar-refractivity contribution in [3.8, 4) is 22.9 Å². The first-order valence-electron chi connectivity index (χ1n) is 13.7. The van der Waals surface area contributed by atoms with E-state index >= 15 is 0 Å². The molecule has 0 bridgehead atoms. The van der Waals surface area contributed by atoms with Gasteiger partial charge in [-0.25, -0.2) is 0 Å². The monoisotopic (exact) mass is 517 g/mol. The molecule has 0 unspecified atom stereocenters. The highest BCUT2D eigenvalue weighted by Gasteiger charge is 2.50. The van der Waals surface area contributed by atoms with Crippen LogP contribution in [0.15, 0.2) is 139 Å². The molecule has 1 spiro atoms. The molecular formula is C37H27NO2. The van der Waals surface area contributed by atoms with Crippen LogP contribution >= 0.6 is 0 Å². The van der Waals surface area contributed by atoms with Crippen LogP contribution in [0, 0.1) is 0 Å². The number of ether oxygens (including phenoxy) is 2. The molecule has 3 nitrogen and oxygen atoms in total. The Morgan fingerprint density at radius 2 is 1.15 bits per heavy atom. The minimum absolute atomic E-state index is 0.581. The third-order valence-corrected chi connectivity index (χ3v) is 8.48. The molecule has 0 fully saturated rings. The zero-order chi connectivity index (χ0) is 26.8. The van der Waals surface area contributed by atoms with E-state index in [1.165, 1.54) is 10.8 Å². The van der Waals surface area contributed by atoms with E-state index in [0.717, 1.165) is 62.0 Å². The van der Waals surface area contributed by atoms with Crippen LogP contribution < -0.4 is 9.47 Å². The molecule has 2 aliphatic heterocycles. The predicted molar refractivity (Wildman–Crippen MR) is 162 cm³/mol. The van der Waals surface area contributed by atoms with Crippen molar-refractivity contribution in [2.45, 2.75) is 19.3 Å². The number of para-hydroxylation sites is 5. The van der Waals surface area contributed by atoms with E-state index in [9.17, 15) is 0 Å². The van der Waals surface area contributed by atoms with Crippen molar-refractivity contribution in [2.75, 3.05) is 0 Å². The van der Waals surface area contributed by atoms with Crippen LogP contribution in [-0.4, -0.2) is 4.57 Å². The first kappa shape index (κ1) is 22.9. The van der Waals surface area contributed by atoms with Gasteiger partial charge in [0.15, 0.2) is 5.75 Å². The number of hydrogen-bond acceptors (Lipinski definition) is 2. The number of allylic oxidation sites excluding steroid dienone is 3. The number of nitrogens with zero attached hydrogens (tertiary/aromatic N) is 1. The molecule has 5 aromatic carbocycles. The van der Waals surface area contributed by atoms with Crippen molar-refractivity contribution in [2.24, 2.45) is 0 Å². The van der Waals surface area contributed by atoms with Gasteiger partial charge in [0.05, 0.1) is 22.1 Å². The van der Waals surface area contributed by atoms with E-state index < -0.39 is 5.41 Å². The Kier molecular flexibility index (Phi) is 4.86. The lowest BCUT2D eigenvalue weighted by Gasteiger charge is -2.45. The molecule has 6 aromatic rings. The van der Waals surface area contributed by atoms with Crippen LogP contribution in [-0.2, 0) is 5.41 Å². The highest BCUT2D eigenvalue weighted by Crippen LogP contribution is 2.60. The van der Waals surface area contributed by atoms with Gasteiger partial charge < -0.3 is 14.0 Å². The van der Waals surface area contributed by atoms with Gasteiger partial charge in [-0.1, -0.05) is 91.0 Å². The van der Waals surface area contributed by atoms with Gasteiger partial charge in [-0.2, -0.15) is 0 Å². The number of hydrogen-bond donors (Lipinski definition) is 0. The molecule has 0 aliphatic carbocycles. The summed E-state index contributed by atoms with van der Waals surface area (Å²) in [7, 11) is 0. The minimum Gasteiger partial charge on any atom is -0.457 e. The molecule has 2 aliphatic rings. The molecule has 3 heterocycles. The van der Waals surface area contributed by atoms with Crippen molar-refractivity contribution < 1.29 is 9.47 Å². The van der Waals surface area contributed by atoms with Crippen LogP contribution in [0.4, 0.5) is 0 Å². The Balaban J connectivity index is 1.54. The highest BCUT2D eigenvalue weighted by atomic mass is 16.5. The van der Waals surface area contributed by atoms with Gasteiger partial charge in [-0.15, -0.1) is 0 Å². The fourth-order valence-corrected chi connectivity index (χ4v) is 6.86. The number of benzene rings is 5. The highest BCUT2D eigenvalue weighted by molar-refractivity contribution is 6.09. The van der Waals surface area contributed by atoms with Gasteiger partial charge in [0.25, 0.3) is 0 Å². The first-order valence-corrected chi connectivity index (χ1v) is 13.7. The summed E-state index contributed by atoms with van der Waals surface area (Å²) in [6.45, 7) is 4.24. The lowest BCUT2D eigenvalue weighted by molar-refractivity contribution is 0.375. The van der Waals surface area contributed by atoms with Gasteiger partial charge in [-0.05, 0) is 55.8 Å². The maximum atomic E-state index is 6.93. The molecule has 0 atom stereocenters. The zero-order valence-corrected chi connectivity index (χ0v) is 22.4. The summed E-state index contributed by atoms with van der Waals surface area (Å²) >= 11 is 0. The van der Waals surface area contributed by atoms with Crippen LogP contribution in [0.25, 0.3) is 27.5 Å². The van der Waals surface area contributed by atoms with Crippen molar-refractivity contribution in [3.63, 3.8) is 0 Å². The second-order valence-corrected chi connectivity index (χ2v) is 10.5. The summed E-state index contributed by atoms with van der Waals surface area (Å²) in [6.07, 6.45) is 4.14. The quantitative estimate of drug-likeness (QED) is 0.228. The molecule has 1 aromatic heterocycles. The Bertz CT molecular complexity index is 1940. The molecular weight excluding hydrogens is 490 g/mol. The van der Waals surface area contributed by atoms with Crippen molar-refractivity contribution in [3.05, 3.63) is 155 Å². The van der Waals surface area contributed by atoms with E-state index in [1.807, 2.05) is 19.1 Å². The number of rotatable bonds is 2. The third-order valence-electron chi connectivity index (χ3n) is 8.48. The van der Waals surface area contributed by atoms with Gasteiger partial charge in [-0.3, -0.25) is 0 Å². The average Bonchev–Trinajstić information content (AvgIpc) is 3.33. The molecule has 0 amide bonds. The van der Waals surface area contributed by atoms with Crippen LogP contribution in [0.1, 0.15) is 30.5 Å². The van der Waals surface area contributed by atoms with Gasteiger partial charge in [0.1, 0.15) is 17.3 Å². The Morgan fingerprint density at radius 1 is 0.600 bits per heavy atom. The zero-order valence-electron chi connectivity index (χ0n) is 22.4. The lowest BCUT2D eigenvalue weighted by Crippen LogP contribution is -2.38. The van der Waals surface area contributed by atoms with E-state index in [4.69, 9.17) is 9.47 Å². The lowest BCUT2D eigenvalue weighted by atomic mass is 9.62. The molecule has 3 heteroatoms. The first-order chi connectivity index (χ1) is 19.7.